The molecule has 76 valence electrons. The Bertz CT molecular complexity index is 339. The first kappa shape index (κ1) is 10.1. The monoisotopic (exact) mass is 274 g/mol. The number of carbonyl (C=O) groups is 1. The molecular formula is C9H11BrN2OS. The van der Waals surface area contributed by atoms with Gasteiger partial charge in [0.25, 0.3) is 0 Å². The van der Waals surface area contributed by atoms with Crippen molar-refractivity contribution in [3.05, 3.63) is 20.8 Å². The van der Waals surface area contributed by atoms with Crippen molar-refractivity contribution in [1.82, 2.24) is 10.2 Å². The van der Waals surface area contributed by atoms with Gasteiger partial charge in [0, 0.05) is 34.4 Å². The van der Waals surface area contributed by atoms with Crippen LogP contribution in [0.15, 0.2) is 15.9 Å². The summed E-state index contributed by atoms with van der Waals surface area (Å²) in [5.41, 5.74) is 0. The van der Waals surface area contributed by atoms with Crippen LogP contribution >= 0.6 is 27.3 Å². The van der Waals surface area contributed by atoms with Crippen LogP contribution in [0.2, 0.25) is 0 Å². The fourth-order valence-electron chi connectivity index (χ4n) is 1.48. The van der Waals surface area contributed by atoms with E-state index >= 15 is 0 Å². The van der Waals surface area contributed by atoms with Crippen molar-refractivity contribution in [3.63, 3.8) is 0 Å². The zero-order valence-corrected chi connectivity index (χ0v) is 10.0. The molecule has 1 amide bonds. The number of thiophene rings is 1. The van der Waals surface area contributed by atoms with Gasteiger partial charge in [0.1, 0.15) is 0 Å². The standard InChI is InChI=1S/C9H11BrN2OS/c10-7-3-8(14-6-7)4-12-2-1-11-9(13)5-12/h3,6H,1-2,4-5H2,(H,11,13). The minimum absolute atomic E-state index is 0.131. The van der Waals surface area contributed by atoms with Crippen LogP contribution in [0.4, 0.5) is 0 Å². The van der Waals surface area contributed by atoms with Gasteiger partial charge in [0.05, 0.1) is 6.54 Å². The van der Waals surface area contributed by atoms with E-state index in [0.717, 1.165) is 24.1 Å². The molecule has 0 radical (unpaired) electrons. The van der Waals surface area contributed by atoms with Crippen molar-refractivity contribution in [2.24, 2.45) is 0 Å². The third kappa shape index (κ3) is 2.56. The molecule has 3 nitrogen and oxygen atoms in total. The molecule has 14 heavy (non-hydrogen) atoms. The molecule has 1 aliphatic rings. The second-order valence-electron chi connectivity index (χ2n) is 3.29. The lowest BCUT2D eigenvalue weighted by Gasteiger charge is -2.25. The Kier molecular flexibility index (Phi) is 3.20. The largest absolute Gasteiger partial charge is 0.354 e. The molecule has 2 rings (SSSR count). The average molecular weight is 275 g/mol. The lowest BCUT2D eigenvalue weighted by Crippen LogP contribution is -2.46. The van der Waals surface area contributed by atoms with Gasteiger partial charge in [-0.1, -0.05) is 0 Å². The van der Waals surface area contributed by atoms with Crippen LogP contribution in [-0.4, -0.2) is 30.4 Å². The maximum absolute atomic E-state index is 11.1. The molecule has 1 aromatic rings. The van der Waals surface area contributed by atoms with Crippen LogP contribution in [0.1, 0.15) is 4.88 Å². The highest BCUT2D eigenvalue weighted by Crippen LogP contribution is 2.21. The Morgan fingerprint density at radius 2 is 2.50 bits per heavy atom. The number of hydrogen-bond donors (Lipinski definition) is 1. The van der Waals surface area contributed by atoms with Gasteiger partial charge in [0.15, 0.2) is 0 Å². The van der Waals surface area contributed by atoms with Crippen LogP contribution < -0.4 is 5.32 Å². The number of rotatable bonds is 2. The van der Waals surface area contributed by atoms with E-state index in [9.17, 15) is 4.79 Å². The van der Waals surface area contributed by atoms with Crippen molar-refractivity contribution < 1.29 is 4.79 Å². The maximum Gasteiger partial charge on any atom is 0.234 e. The zero-order chi connectivity index (χ0) is 9.97. The predicted molar refractivity (Wildman–Crippen MR) is 60.3 cm³/mol. The molecule has 0 unspecified atom stereocenters. The minimum Gasteiger partial charge on any atom is -0.354 e. The Morgan fingerprint density at radius 1 is 1.64 bits per heavy atom. The Balaban J connectivity index is 1.93. The molecule has 0 spiro atoms. The Labute approximate surface area is 95.2 Å². The number of piperazine rings is 1. The van der Waals surface area contributed by atoms with Crippen LogP contribution in [0.25, 0.3) is 0 Å². The van der Waals surface area contributed by atoms with Gasteiger partial charge in [-0.05, 0) is 22.0 Å². The van der Waals surface area contributed by atoms with Crippen molar-refractivity contribution in [2.45, 2.75) is 6.54 Å². The second-order valence-corrected chi connectivity index (χ2v) is 5.20. The summed E-state index contributed by atoms with van der Waals surface area (Å²) in [5.74, 6) is 0.131. The second kappa shape index (κ2) is 4.42. The molecular weight excluding hydrogens is 264 g/mol. The zero-order valence-electron chi connectivity index (χ0n) is 7.62. The smallest absolute Gasteiger partial charge is 0.234 e. The Morgan fingerprint density at radius 3 is 3.14 bits per heavy atom. The van der Waals surface area contributed by atoms with Gasteiger partial charge in [-0.25, -0.2) is 0 Å². The van der Waals surface area contributed by atoms with Crippen LogP contribution in [0.5, 0.6) is 0 Å². The van der Waals surface area contributed by atoms with Gasteiger partial charge in [-0.2, -0.15) is 0 Å². The van der Waals surface area contributed by atoms with E-state index < -0.39 is 0 Å². The van der Waals surface area contributed by atoms with E-state index in [1.807, 2.05) is 0 Å². The van der Waals surface area contributed by atoms with E-state index in [4.69, 9.17) is 0 Å². The summed E-state index contributed by atoms with van der Waals surface area (Å²) in [7, 11) is 0. The highest BCUT2D eigenvalue weighted by Gasteiger charge is 2.16. The molecule has 1 saturated heterocycles. The van der Waals surface area contributed by atoms with Gasteiger partial charge in [-0.15, -0.1) is 11.3 Å². The molecule has 0 saturated carbocycles. The molecule has 1 N–H and O–H groups in total. The molecule has 1 fully saturated rings. The first-order valence-electron chi connectivity index (χ1n) is 4.46. The summed E-state index contributed by atoms with van der Waals surface area (Å²) in [5, 5.41) is 4.89. The molecule has 0 bridgehead atoms. The van der Waals surface area contributed by atoms with E-state index in [2.05, 4.69) is 37.6 Å². The van der Waals surface area contributed by atoms with Crippen molar-refractivity contribution >= 4 is 33.2 Å². The SMILES string of the molecule is O=C1CN(Cc2cc(Br)cs2)CCN1. The first-order valence-corrected chi connectivity index (χ1v) is 6.13. The Hall–Kier alpha value is -0.390. The normalized spacial score (nSPS) is 18.2. The van der Waals surface area contributed by atoms with Gasteiger partial charge < -0.3 is 5.32 Å². The fourth-order valence-corrected chi connectivity index (χ4v) is 2.98. The van der Waals surface area contributed by atoms with Crippen LogP contribution in [0, 0.1) is 0 Å². The van der Waals surface area contributed by atoms with Crippen LogP contribution in [0.3, 0.4) is 0 Å². The van der Waals surface area contributed by atoms with E-state index in [1.54, 1.807) is 11.3 Å². The first-order chi connectivity index (χ1) is 6.74. The maximum atomic E-state index is 11.1. The third-order valence-electron chi connectivity index (χ3n) is 2.12. The third-order valence-corrected chi connectivity index (χ3v) is 3.80. The quantitative estimate of drug-likeness (QED) is 0.886. The van der Waals surface area contributed by atoms with Crippen molar-refractivity contribution in [1.29, 1.82) is 0 Å². The number of halogens is 1. The minimum atomic E-state index is 0.131. The number of nitrogens with one attached hydrogen (secondary N) is 1. The summed E-state index contributed by atoms with van der Waals surface area (Å²) in [6.45, 7) is 3.12. The van der Waals surface area contributed by atoms with Crippen molar-refractivity contribution in [2.75, 3.05) is 19.6 Å². The molecule has 5 heteroatoms. The number of hydrogen-bond acceptors (Lipinski definition) is 3. The van der Waals surface area contributed by atoms with Crippen molar-refractivity contribution in [3.8, 4) is 0 Å². The van der Waals surface area contributed by atoms with E-state index in [-0.39, 0.29) is 5.91 Å². The summed E-state index contributed by atoms with van der Waals surface area (Å²) in [4.78, 5) is 14.6. The van der Waals surface area contributed by atoms with Gasteiger partial charge in [0.2, 0.25) is 5.91 Å². The number of amides is 1. The summed E-state index contributed by atoms with van der Waals surface area (Å²) in [6.07, 6.45) is 0. The average Bonchev–Trinajstić information content (AvgIpc) is 2.51. The summed E-state index contributed by atoms with van der Waals surface area (Å²) >= 11 is 5.15. The van der Waals surface area contributed by atoms with E-state index in [0.29, 0.717) is 6.54 Å². The number of carbonyl (C=O) groups excluding carboxylic acids is 1. The highest BCUT2D eigenvalue weighted by molar-refractivity contribution is 9.10. The summed E-state index contributed by atoms with van der Waals surface area (Å²) in [6, 6.07) is 2.11. The lowest BCUT2D eigenvalue weighted by molar-refractivity contribution is -0.124. The molecule has 1 aromatic heterocycles. The molecule has 0 aliphatic carbocycles. The molecule has 0 aromatic carbocycles. The highest BCUT2D eigenvalue weighted by atomic mass is 79.9. The molecule has 0 atom stereocenters. The summed E-state index contributed by atoms with van der Waals surface area (Å²) < 4.78 is 1.12. The number of nitrogens with zero attached hydrogens (tertiary/aromatic N) is 1. The molecule has 1 aliphatic heterocycles. The van der Waals surface area contributed by atoms with Crippen LogP contribution in [-0.2, 0) is 11.3 Å². The predicted octanol–water partition coefficient (Wildman–Crippen LogP) is 1.44. The lowest BCUT2D eigenvalue weighted by atomic mass is 10.3. The van der Waals surface area contributed by atoms with Gasteiger partial charge >= 0.3 is 0 Å². The fraction of sp³-hybridized carbons (Fsp3) is 0.444. The van der Waals surface area contributed by atoms with E-state index in [1.165, 1.54) is 4.88 Å². The van der Waals surface area contributed by atoms with Gasteiger partial charge in [-0.3, -0.25) is 9.69 Å². The molecule has 2 heterocycles. The topological polar surface area (TPSA) is 32.3 Å².